The molecule has 0 aromatic carbocycles. The molecule has 1 heterocycles. The molecular weight excluding hydrogens is 303 g/mol. The molecule has 0 spiro atoms. The van der Waals surface area contributed by atoms with Crippen molar-refractivity contribution in [2.24, 2.45) is 0 Å². The van der Waals surface area contributed by atoms with E-state index in [1.54, 1.807) is 0 Å². The third-order valence-electron chi connectivity index (χ3n) is 2.89. The molecule has 98 valence electrons. The molecule has 1 saturated carbocycles. The van der Waals surface area contributed by atoms with Crippen molar-refractivity contribution < 1.29 is 13.9 Å². The Hall–Kier alpha value is -1.17. The Morgan fingerprint density at radius 1 is 1.56 bits per heavy atom. The normalized spacial score (nSPS) is 15.7. The molecule has 1 aliphatic rings. The highest BCUT2D eigenvalue weighted by molar-refractivity contribution is 9.10. The number of halogens is 2. The van der Waals surface area contributed by atoms with Gasteiger partial charge in [-0.25, -0.2) is 4.98 Å². The lowest BCUT2D eigenvalue weighted by atomic mass is 10.2. The molecule has 2 rings (SSSR count). The standard InChI is InChI=1S/C12H14BrFN2O2/c13-12-11(14)9(5-6-15-12)18-7-10(17)16-8-3-1-2-4-8/h5-6,8H,1-4,7H2,(H,16,17). The summed E-state index contributed by atoms with van der Waals surface area (Å²) in [5, 5.41) is 2.87. The van der Waals surface area contributed by atoms with Crippen LogP contribution in [0.15, 0.2) is 16.9 Å². The fourth-order valence-electron chi connectivity index (χ4n) is 2.00. The van der Waals surface area contributed by atoms with Crippen molar-refractivity contribution in [1.82, 2.24) is 10.3 Å². The molecule has 0 aliphatic heterocycles. The zero-order valence-electron chi connectivity index (χ0n) is 9.79. The number of amides is 1. The second-order valence-corrected chi connectivity index (χ2v) is 5.00. The zero-order chi connectivity index (χ0) is 13.0. The number of hydrogen-bond acceptors (Lipinski definition) is 3. The highest BCUT2D eigenvalue weighted by atomic mass is 79.9. The molecule has 1 aliphatic carbocycles. The highest BCUT2D eigenvalue weighted by Gasteiger charge is 2.17. The zero-order valence-corrected chi connectivity index (χ0v) is 11.4. The van der Waals surface area contributed by atoms with Crippen LogP contribution in [0.25, 0.3) is 0 Å². The lowest BCUT2D eigenvalue weighted by molar-refractivity contribution is -0.123. The van der Waals surface area contributed by atoms with Crippen LogP contribution < -0.4 is 10.1 Å². The topological polar surface area (TPSA) is 51.2 Å². The summed E-state index contributed by atoms with van der Waals surface area (Å²) in [7, 11) is 0. The fraction of sp³-hybridized carbons (Fsp3) is 0.500. The predicted molar refractivity (Wildman–Crippen MR) is 67.8 cm³/mol. The van der Waals surface area contributed by atoms with Crippen LogP contribution in [0.3, 0.4) is 0 Å². The van der Waals surface area contributed by atoms with Gasteiger partial charge in [-0.05, 0) is 28.8 Å². The first-order valence-electron chi connectivity index (χ1n) is 5.89. The first kappa shape index (κ1) is 13.3. The summed E-state index contributed by atoms with van der Waals surface area (Å²) < 4.78 is 18.7. The first-order valence-corrected chi connectivity index (χ1v) is 6.68. The van der Waals surface area contributed by atoms with Gasteiger partial charge in [0, 0.05) is 18.3 Å². The SMILES string of the molecule is O=C(COc1ccnc(Br)c1F)NC1CCCC1. The Morgan fingerprint density at radius 2 is 2.28 bits per heavy atom. The Kier molecular flexibility index (Phi) is 4.52. The van der Waals surface area contributed by atoms with Crippen molar-refractivity contribution in [3.63, 3.8) is 0 Å². The number of pyridine rings is 1. The van der Waals surface area contributed by atoms with E-state index in [1.807, 2.05) is 0 Å². The molecule has 0 atom stereocenters. The molecule has 0 unspecified atom stereocenters. The average molecular weight is 317 g/mol. The van der Waals surface area contributed by atoms with Crippen molar-refractivity contribution >= 4 is 21.8 Å². The summed E-state index contributed by atoms with van der Waals surface area (Å²) in [4.78, 5) is 15.3. The van der Waals surface area contributed by atoms with Crippen LogP contribution in [0.4, 0.5) is 4.39 Å². The van der Waals surface area contributed by atoms with E-state index in [0.29, 0.717) is 0 Å². The van der Waals surface area contributed by atoms with E-state index in [9.17, 15) is 9.18 Å². The Bertz CT molecular complexity index is 436. The number of hydrogen-bond donors (Lipinski definition) is 1. The maximum atomic E-state index is 13.5. The second kappa shape index (κ2) is 6.13. The number of rotatable bonds is 4. The minimum Gasteiger partial charge on any atom is -0.481 e. The molecule has 1 aromatic rings. The average Bonchev–Trinajstić information content (AvgIpc) is 2.84. The Balaban J connectivity index is 1.83. The quantitative estimate of drug-likeness (QED) is 0.868. The summed E-state index contributed by atoms with van der Waals surface area (Å²) in [6, 6.07) is 1.64. The van der Waals surface area contributed by atoms with E-state index in [-0.39, 0.29) is 28.9 Å². The van der Waals surface area contributed by atoms with E-state index in [2.05, 4.69) is 26.2 Å². The Labute approximate surface area is 113 Å². The van der Waals surface area contributed by atoms with Crippen LogP contribution in [-0.2, 0) is 4.79 Å². The van der Waals surface area contributed by atoms with Crippen molar-refractivity contribution in [3.8, 4) is 5.75 Å². The first-order chi connectivity index (χ1) is 8.66. The largest absolute Gasteiger partial charge is 0.481 e. The van der Waals surface area contributed by atoms with Crippen LogP contribution in [0.2, 0.25) is 0 Å². The van der Waals surface area contributed by atoms with E-state index >= 15 is 0 Å². The lowest BCUT2D eigenvalue weighted by Crippen LogP contribution is -2.36. The van der Waals surface area contributed by atoms with Crippen LogP contribution in [0.1, 0.15) is 25.7 Å². The van der Waals surface area contributed by atoms with E-state index in [4.69, 9.17) is 4.74 Å². The monoisotopic (exact) mass is 316 g/mol. The van der Waals surface area contributed by atoms with Gasteiger partial charge in [0.25, 0.3) is 5.91 Å². The molecule has 6 heteroatoms. The number of aromatic nitrogens is 1. The molecule has 1 aromatic heterocycles. The lowest BCUT2D eigenvalue weighted by Gasteiger charge is -2.12. The number of ether oxygens (including phenoxy) is 1. The van der Waals surface area contributed by atoms with Gasteiger partial charge in [0.05, 0.1) is 0 Å². The van der Waals surface area contributed by atoms with Gasteiger partial charge in [0.1, 0.15) is 4.60 Å². The van der Waals surface area contributed by atoms with Gasteiger partial charge in [-0.1, -0.05) is 12.8 Å². The molecule has 4 nitrogen and oxygen atoms in total. The summed E-state index contributed by atoms with van der Waals surface area (Å²) in [6.07, 6.45) is 5.74. The highest BCUT2D eigenvalue weighted by Crippen LogP contribution is 2.22. The predicted octanol–water partition coefficient (Wildman–Crippen LogP) is 2.42. The molecule has 0 radical (unpaired) electrons. The summed E-state index contributed by atoms with van der Waals surface area (Å²) >= 11 is 2.96. The van der Waals surface area contributed by atoms with Gasteiger partial charge >= 0.3 is 0 Å². The fourth-order valence-corrected chi connectivity index (χ4v) is 2.31. The third-order valence-corrected chi connectivity index (χ3v) is 3.44. The van der Waals surface area contributed by atoms with E-state index < -0.39 is 5.82 Å². The molecule has 1 amide bonds. The van der Waals surface area contributed by atoms with Gasteiger partial charge < -0.3 is 10.1 Å². The minimum atomic E-state index is -0.592. The molecule has 18 heavy (non-hydrogen) atoms. The van der Waals surface area contributed by atoms with Gasteiger partial charge in [0.2, 0.25) is 0 Å². The summed E-state index contributed by atoms with van der Waals surface area (Å²) in [6.45, 7) is -0.177. The van der Waals surface area contributed by atoms with Crippen molar-refractivity contribution in [3.05, 3.63) is 22.7 Å². The third kappa shape index (κ3) is 3.41. The van der Waals surface area contributed by atoms with Gasteiger partial charge in [0.15, 0.2) is 18.2 Å². The van der Waals surface area contributed by atoms with Crippen LogP contribution >= 0.6 is 15.9 Å². The van der Waals surface area contributed by atoms with Gasteiger partial charge in [-0.3, -0.25) is 4.79 Å². The van der Waals surface area contributed by atoms with Gasteiger partial charge in [-0.2, -0.15) is 4.39 Å². The maximum absolute atomic E-state index is 13.5. The van der Waals surface area contributed by atoms with E-state index in [1.165, 1.54) is 12.3 Å². The van der Waals surface area contributed by atoms with Crippen LogP contribution in [-0.4, -0.2) is 23.5 Å². The summed E-state index contributed by atoms with van der Waals surface area (Å²) in [5.74, 6) is -0.779. The van der Waals surface area contributed by atoms with Crippen molar-refractivity contribution in [2.75, 3.05) is 6.61 Å². The van der Waals surface area contributed by atoms with Crippen LogP contribution in [0.5, 0.6) is 5.75 Å². The molecule has 0 saturated heterocycles. The molecule has 1 fully saturated rings. The number of carbonyl (C=O) groups is 1. The maximum Gasteiger partial charge on any atom is 0.258 e. The Morgan fingerprint density at radius 3 is 3.00 bits per heavy atom. The van der Waals surface area contributed by atoms with Gasteiger partial charge in [-0.15, -0.1) is 0 Å². The number of nitrogens with one attached hydrogen (secondary N) is 1. The second-order valence-electron chi connectivity index (χ2n) is 4.25. The van der Waals surface area contributed by atoms with Crippen molar-refractivity contribution in [2.45, 2.75) is 31.7 Å². The molecule has 1 N–H and O–H groups in total. The molecule has 0 bridgehead atoms. The van der Waals surface area contributed by atoms with E-state index in [0.717, 1.165) is 25.7 Å². The minimum absolute atomic E-state index is 0.0263. The smallest absolute Gasteiger partial charge is 0.258 e. The molecular formula is C12H14BrFN2O2. The van der Waals surface area contributed by atoms with Crippen LogP contribution in [0, 0.1) is 5.82 Å². The number of carbonyl (C=O) groups excluding carboxylic acids is 1. The summed E-state index contributed by atoms with van der Waals surface area (Å²) in [5.41, 5.74) is 0. The number of nitrogens with zero attached hydrogens (tertiary/aromatic N) is 1. The van der Waals surface area contributed by atoms with Crippen molar-refractivity contribution in [1.29, 1.82) is 0 Å².